The summed E-state index contributed by atoms with van der Waals surface area (Å²) in [6, 6.07) is 6.55. The Kier molecular flexibility index (Phi) is 5.38. The van der Waals surface area contributed by atoms with Crippen molar-refractivity contribution in [3.8, 4) is 0 Å². The summed E-state index contributed by atoms with van der Waals surface area (Å²) in [5.74, 6) is -1.08. The Morgan fingerprint density at radius 2 is 2.04 bits per heavy atom. The molecule has 0 spiro atoms. The third-order valence-corrected chi connectivity index (χ3v) is 6.45. The van der Waals surface area contributed by atoms with Crippen molar-refractivity contribution in [2.45, 2.75) is 24.3 Å². The van der Waals surface area contributed by atoms with Gasteiger partial charge in [0.15, 0.2) is 0 Å². The van der Waals surface area contributed by atoms with Gasteiger partial charge in [-0.25, -0.2) is 12.8 Å². The summed E-state index contributed by atoms with van der Waals surface area (Å²) in [6.07, 6.45) is 2.88. The molecule has 7 nitrogen and oxygen atoms in total. The number of nitrogens with zero attached hydrogens (tertiary/aromatic N) is 3. The van der Waals surface area contributed by atoms with Gasteiger partial charge in [0.2, 0.25) is 15.9 Å². The van der Waals surface area contributed by atoms with Crippen LogP contribution in [0.5, 0.6) is 0 Å². The summed E-state index contributed by atoms with van der Waals surface area (Å²) < 4.78 is 41.5. The van der Waals surface area contributed by atoms with Crippen LogP contribution in [-0.4, -0.2) is 41.5 Å². The van der Waals surface area contributed by atoms with Crippen LogP contribution >= 0.6 is 0 Å². The molecule has 1 fully saturated rings. The summed E-state index contributed by atoms with van der Waals surface area (Å²) in [7, 11) is -1.95. The van der Waals surface area contributed by atoms with Crippen LogP contribution in [0, 0.1) is 11.7 Å². The molecule has 1 saturated heterocycles. The molecule has 0 radical (unpaired) electrons. The van der Waals surface area contributed by atoms with Crippen molar-refractivity contribution in [1.29, 1.82) is 0 Å². The number of amides is 1. The minimum atomic E-state index is -3.74. The van der Waals surface area contributed by atoms with Crippen molar-refractivity contribution >= 4 is 15.9 Å². The first kappa shape index (κ1) is 18.5. The fourth-order valence-corrected chi connectivity index (χ4v) is 4.55. The van der Waals surface area contributed by atoms with E-state index in [0.717, 1.165) is 17.8 Å². The molecule has 0 aliphatic carbocycles. The number of carbonyl (C=O) groups is 1. The average molecular weight is 380 g/mol. The van der Waals surface area contributed by atoms with Gasteiger partial charge in [0.25, 0.3) is 0 Å². The molecule has 1 aliphatic heterocycles. The molecule has 9 heteroatoms. The fraction of sp³-hybridized carbons (Fsp3) is 0.412. The normalized spacial score (nSPS) is 18.6. The van der Waals surface area contributed by atoms with Gasteiger partial charge in [-0.1, -0.05) is 0 Å². The van der Waals surface area contributed by atoms with Crippen LogP contribution in [0.3, 0.4) is 0 Å². The second kappa shape index (κ2) is 7.55. The zero-order valence-corrected chi connectivity index (χ0v) is 15.2. The molecule has 1 aromatic carbocycles. The van der Waals surface area contributed by atoms with Crippen LogP contribution in [0.1, 0.15) is 18.5 Å². The van der Waals surface area contributed by atoms with Gasteiger partial charge in [-0.3, -0.25) is 9.48 Å². The topological polar surface area (TPSA) is 84.3 Å². The third kappa shape index (κ3) is 3.94. The summed E-state index contributed by atoms with van der Waals surface area (Å²) in [6.45, 7) is 0.818. The molecule has 0 saturated carbocycles. The smallest absolute Gasteiger partial charge is 0.243 e. The van der Waals surface area contributed by atoms with Gasteiger partial charge >= 0.3 is 0 Å². The predicted molar refractivity (Wildman–Crippen MR) is 92.9 cm³/mol. The first-order valence-electron chi connectivity index (χ1n) is 8.38. The highest BCUT2D eigenvalue weighted by atomic mass is 32.2. The maximum atomic E-state index is 13.0. The van der Waals surface area contributed by atoms with Crippen molar-refractivity contribution in [3.05, 3.63) is 48.0 Å². The Labute approximate surface area is 151 Å². The fourth-order valence-electron chi connectivity index (χ4n) is 3.03. The van der Waals surface area contributed by atoms with E-state index in [4.69, 9.17) is 0 Å². The molecule has 1 amide bonds. The van der Waals surface area contributed by atoms with Crippen LogP contribution in [0.2, 0.25) is 0 Å². The molecule has 3 rings (SSSR count). The van der Waals surface area contributed by atoms with Crippen LogP contribution in [0.25, 0.3) is 0 Å². The molecule has 2 aromatic rings. The van der Waals surface area contributed by atoms with E-state index in [0.29, 0.717) is 25.9 Å². The van der Waals surface area contributed by atoms with E-state index >= 15 is 0 Å². The van der Waals surface area contributed by atoms with Gasteiger partial charge in [-0.05, 0) is 43.2 Å². The number of sulfonamides is 1. The van der Waals surface area contributed by atoms with Crippen LogP contribution < -0.4 is 5.32 Å². The summed E-state index contributed by atoms with van der Waals surface area (Å²) >= 11 is 0. The number of aromatic nitrogens is 2. The third-order valence-electron chi connectivity index (χ3n) is 4.57. The van der Waals surface area contributed by atoms with Gasteiger partial charge < -0.3 is 5.32 Å². The van der Waals surface area contributed by atoms with Gasteiger partial charge in [-0.2, -0.15) is 9.40 Å². The number of nitrogens with one attached hydrogen (secondary N) is 1. The van der Waals surface area contributed by atoms with Crippen molar-refractivity contribution in [2.75, 3.05) is 13.1 Å². The number of hydrogen-bond donors (Lipinski definition) is 1. The molecule has 1 aromatic heterocycles. The number of rotatable bonds is 5. The van der Waals surface area contributed by atoms with E-state index < -0.39 is 21.8 Å². The zero-order valence-electron chi connectivity index (χ0n) is 14.4. The number of benzene rings is 1. The molecule has 0 bridgehead atoms. The van der Waals surface area contributed by atoms with Crippen LogP contribution in [0.15, 0.2) is 41.4 Å². The summed E-state index contributed by atoms with van der Waals surface area (Å²) in [5, 5.41) is 6.89. The minimum Gasteiger partial charge on any atom is -0.350 e. The minimum absolute atomic E-state index is 0.0369. The Hall–Kier alpha value is -2.26. The molecule has 2 heterocycles. The molecule has 1 N–H and O–H groups in total. The van der Waals surface area contributed by atoms with Crippen molar-refractivity contribution in [2.24, 2.45) is 13.0 Å². The molecule has 0 unspecified atom stereocenters. The molecule has 1 aliphatic rings. The Bertz CT molecular complexity index is 880. The number of piperidine rings is 1. The molecular weight excluding hydrogens is 359 g/mol. The van der Waals surface area contributed by atoms with E-state index in [1.807, 2.05) is 6.07 Å². The van der Waals surface area contributed by atoms with E-state index in [-0.39, 0.29) is 17.3 Å². The highest BCUT2D eigenvalue weighted by molar-refractivity contribution is 7.89. The van der Waals surface area contributed by atoms with E-state index in [9.17, 15) is 17.6 Å². The van der Waals surface area contributed by atoms with Gasteiger partial charge in [-0.15, -0.1) is 0 Å². The lowest BCUT2D eigenvalue weighted by atomic mass is 9.99. The van der Waals surface area contributed by atoms with Gasteiger partial charge in [0.05, 0.1) is 23.1 Å². The van der Waals surface area contributed by atoms with Crippen LogP contribution in [-0.2, 0) is 28.4 Å². The largest absolute Gasteiger partial charge is 0.350 e. The summed E-state index contributed by atoms with van der Waals surface area (Å²) in [5.41, 5.74) is 0.866. The Morgan fingerprint density at radius 1 is 1.31 bits per heavy atom. The lowest BCUT2D eigenvalue weighted by Crippen LogP contribution is -2.45. The quantitative estimate of drug-likeness (QED) is 0.847. The SMILES string of the molecule is Cn1nccc1CNC(=O)[C@H]1CCCN(S(=O)(=O)c2ccc(F)cc2)C1. The van der Waals surface area contributed by atoms with Gasteiger partial charge in [0, 0.05) is 26.3 Å². The first-order chi connectivity index (χ1) is 12.4. The lowest BCUT2D eigenvalue weighted by molar-refractivity contribution is -0.126. The lowest BCUT2D eigenvalue weighted by Gasteiger charge is -2.31. The number of hydrogen-bond acceptors (Lipinski definition) is 4. The Balaban J connectivity index is 1.65. The Morgan fingerprint density at radius 3 is 2.69 bits per heavy atom. The maximum Gasteiger partial charge on any atom is 0.243 e. The average Bonchev–Trinajstić information content (AvgIpc) is 3.05. The standard InChI is InChI=1S/C17H21FN4O3S/c1-21-15(8-9-20-21)11-19-17(23)13-3-2-10-22(12-13)26(24,25)16-6-4-14(18)5-7-16/h4-9,13H,2-3,10-12H2,1H3,(H,19,23)/t13-/m0/s1. The first-order valence-corrected chi connectivity index (χ1v) is 9.82. The molecular formula is C17H21FN4O3S. The molecule has 26 heavy (non-hydrogen) atoms. The highest BCUT2D eigenvalue weighted by Crippen LogP contribution is 2.24. The summed E-state index contributed by atoms with van der Waals surface area (Å²) in [4.78, 5) is 12.5. The van der Waals surface area contributed by atoms with Crippen molar-refractivity contribution < 1.29 is 17.6 Å². The molecule has 1 atom stereocenters. The maximum absolute atomic E-state index is 13.0. The predicted octanol–water partition coefficient (Wildman–Crippen LogP) is 1.28. The zero-order chi connectivity index (χ0) is 18.7. The van der Waals surface area contributed by atoms with Crippen molar-refractivity contribution in [3.63, 3.8) is 0 Å². The van der Waals surface area contributed by atoms with E-state index in [1.54, 1.807) is 17.9 Å². The number of halogens is 1. The van der Waals surface area contributed by atoms with E-state index in [2.05, 4.69) is 10.4 Å². The second-order valence-corrected chi connectivity index (χ2v) is 8.26. The van der Waals surface area contributed by atoms with Gasteiger partial charge in [0.1, 0.15) is 5.82 Å². The number of aryl methyl sites for hydroxylation is 1. The molecule has 140 valence electrons. The second-order valence-electron chi connectivity index (χ2n) is 6.32. The number of carbonyl (C=O) groups excluding carboxylic acids is 1. The highest BCUT2D eigenvalue weighted by Gasteiger charge is 2.33. The van der Waals surface area contributed by atoms with Crippen LogP contribution in [0.4, 0.5) is 4.39 Å². The van der Waals surface area contributed by atoms with Crippen molar-refractivity contribution in [1.82, 2.24) is 19.4 Å². The monoisotopic (exact) mass is 380 g/mol. The van der Waals surface area contributed by atoms with E-state index in [1.165, 1.54) is 16.4 Å².